The molecule has 2 N–H and O–H groups in total. The van der Waals surface area contributed by atoms with Crippen molar-refractivity contribution in [2.24, 2.45) is 0 Å². The Labute approximate surface area is 108 Å². The molecule has 0 aliphatic carbocycles. The Morgan fingerprint density at radius 2 is 2.50 bits per heavy atom. The van der Waals surface area contributed by atoms with Crippen molar-refractivity contribution in [1.29, 1.82) is 0 Å². The summed E-state index contributed by atoms with van der Waals surface area (Å²) >= 11 is 0. The second-order valence-electron chi connectivity index (χ2n) is 5.08. The first-order valence-electron chi connectivity index (χ1n) is 6.72. The van der Waals surface area contributed by atoms with Crippen molar-refractivity contribution in [2.45, 2.75) is 51.2 Å². The van der Waals surface area contributed by atoms with Crippen molar-refractivity contribution >= 4 is 5.91 Å². The van der Waals surface area contributed by atoms with Gasteiger partial charge in [0.2, 0.25) is 5.91 Å². The molecule has 1 aliphatic rings. The van der Waals surface area contributed by atoms with Gasteiger partial charge in [0.05, 0.1) is 6.33 Å². The van der Waals surface area contributed by atoms with Gasteiger partial charge in [0.25, 0.3) is 0 Å². The lowest BCUT2D eigenvalue weighted by Crippen LogP contribution is -2.42. The summed E-state index contributed by atoms with van der Waals surface area (Å²) in [5, 5.41) is 6.43. The molecule has 0 aromatic carbocycles. The number of carbonyl (C=O) groups is 1. The third-order valence-electron chi connectivity index (χ3n) is 3.30. The average molecular weight is 250 g/mol. The molecule has 2 rings (SSSR count). The van der Waals surface area contributed by atoms with Crippen LogP contribution in [0.25, 0.3) is 0 Å². The van der Waals surface area contributed by atoms with Gasteiger partial charge >= 0.3 is 0 Å². The van der Waals surface area contributed by atoms with Crippen LogP contribution in [0.4, 0.5) is 0 Å². The zero-order chi connectivity index (χ0) is 12.8. The maximum Gasteiger partial charge on any atom is 0.221 e. The van der Waals surface area contributed by atoms with E-state index in [1.165, 1.54) is 12.8 Å². The van der Waals surface area contributed by atoms with Crippen LogP contribution in [0.5, 0.6) is 0 Å². The second-order valence-corrected chi connectivity index (χ2v) is 5.08. The number of nitrogens with one attached hydrogen (secondary N) is 2. The molecule has 1 aromatic rings. The van der Waals surface area contributed by atoms with E-state index in [0.717, 1.165) is 19.5 Å². The summed E-state index contributed by atoms with van der Waals surface area (Å²) in [6.45, 7) is 3.83. The Hall–Kier alpha value is -1.36. The fourth-order valence-corrected chi connectivity index (χ4v) is 2.41. The molecule has 1 fully saturated rings. The van der Waals surface area contributed by atoms with Gasteiger partial charge in [-0.25, -0.2) is 4.98 Å². The van der Waals surface area contributed by atoms with E-state index in [2.05, 4.69) is 15.6 Å². The number of rotatable bonds is 5. The van der Waals surface area contributed by atoms with Crippen LogP contribution in [0.3, 0.4) is 0 Å². The Balaban J connectivity index is 1.69. The van der Waals surface area contributed by atoms with Gasteiger partial charge in [0.15, 0.2) is 0 Å². The van der Waals surface area contributed by atoms with E-state index in [1.807, 2.05) is 17.7 Å². The van der Waals surface area contributed by atoms with E-state index < -0.39 is 0 Å². The number of piperidine rings is 1. The van der Waals surface area contributed by atoms with Crippen molar-refractivity contribution in [3.05, 3.63) is 18.7 Å². The predicted octanol–water partition coefficient (Wildman–Crippen LogP) is 0.920. The summed E-state index contributed by atoms with van der Waals surface area (Å²) in [5.74, 6) is 0.141. The summed E-state index contributed by atoms with van der Waals surface area (Å²) in [6, 6.07) is 0.495. The van der Waals surface area contributed by atoms with Gasteiger partial charge < -0.3 is 15.2 Å². The lowest BCUT2D eigenvalue weighted by atomic mass is 10.0. The zero-order valence-electron chi connectivity index (χ0n) is 10.9. The highest BCUT2D eigenvalue weighted by Gasteiger charge is 2.17. The van der Waals surface area contributed by atoms with Gasteiger partial charge in [0, 0.05) is 37.4 Å². The summed E-state index contributed by atoms with van der Waals surface area (Å²) in [5.41, 5.74) is 0. The van der Waals surface area contributed by atoms with Gasteiger partial charge in [-0.2, -0.15) is 0 Å². The molecule has 2 heterocycles. The van der Waals surface area contributed by atoms with Gasteiger partial charge in [0.1, 0.15) is 0 Å². The maximum absolute atomic E-state index is 11.9. The molecule has 1 amide bonds. The minimum atomic E-state index is 0.135. The minimum absolute atomic E-state index is 0.135. The molecule has 0 spiro atoms. The summed E-state index contributed by atoms with van der Waals surface area (Å²) < 4.78 is 1.98. The lowest BCUT2D eigenvalue weighted by molar-refractivity contribution is -0.122. The third kappa shape index (κ3) is 4.14. The average Bonchev–Trinajstić information content (AvgIpc) is 2.82. The van der Waals surface area contributed by atoms with Gasteiger partial charge in [-0.3, -0.25) is 4.79 Å². The lowest BCUT2D eigenvalue weighted by Gasteiger charge is -2.23. The van der Waals surface area contributed by atoms with Crippen LogP contribution in [0.1, 0.15) is 32.6 Å². The zero-order valence-corrected chi connectivity index (χ0v) is 10.9. The molecule has 2 atom stereocenters. The quantitative estimate of drug-likeness (QED) is 0.817. The number of imidazole rings is 1. The first kappa shape index (κ1) is 13.1. The third-order valence-corrected chi connectivity index (χ3v) is 3.30. The number of hydrogen-bond donors (Lipinski definition) is 2. The Bertz CT molecular complexity index is 357. The van der Waals surface area contributed by atoms with Gasteiger partial charge in [-0.05, 0) is 26.3 Å². The van der Waals surface area contributed by atoms with Crippen LogP contribution in [0.15, 0.2) is 18.7 Å². The smallest absolute Gasteiger partial charge is 0.221 e. The number of aromatic nitrogens is 2. The molecule has 1 saturated heterocycles. The van der Waals surface area contributed by atoms with Crippen molar-refractivity contribution in [3.63, 3.8) is 0 Å². The van der Waals surface area contributed by atoms with E-state index in [0.29, 0.717) is 12.5 Å². The molecule has 5 heteroatoms. The van der Waals surface area contributed by atoms with Crippen molar-refractivity contribution in [2.75, 3.05) is 6.54 Å². The van der Waals surface area contributed by atoms with E-state index in [4.69, 9.17) is 0 Å². The normalized spacial score (nSPS) is 21.5. The SMILES string of the molecule is CC(Cn1ccnc1)NC(=O)CC1CCCCN1. The molecule has 0 saturated carbocycles. The highest BCUT2D eigenvalue weighted by atomic mass is 16.1. The monoisotopic (exact) mass is 250 g/mol. The Morgan fingerprint density at radius 1 is 1.61 bits per heavy atom. The number of nitrogens with zero attached hydrogens (tertiary/aromatic N) is 2. The van der Waals surface area contributed by atoms with E-state index in [-0.39, 0.29) is 11.9 Å². The largest absolute Gasteiger partial charge is 0.352 e. The van der Waals surface area contributed by atoms with Crippen molar-refractivity contribution < 1.29 is 4.79 Å². The van der Waals surface area contributed by atoms with Crippen LogP contribution >= 0.6 is 0 Å². The fraction of sp³-hybridized carbons (Fsp3) is 0.692. The van der Waals surface area contributed by atoms with Crippen LogP contribution < -0.4 is 10.6 Å². The summed E-state index contributed by atoms with van der Waals surface area (Å²) in [7, 11) is 0. The molecule has 0 bridgehead atoms. The topological polar surface area (TPSA) is 59.0 Å². The Kier molecular flexibility index (Phi) is 4.75. The number of hydrogen-bond acceptors (Lipinski definition) is 3. The van der Waals surface area contributed by atoms with Crippen molar-refractivity contribution in [1.82, 2.24) is 20.2 Å². The van der Waals surface area contributed by atoms with Crippen LogP contribution in [-0.4, -0.2) is 34.1 Å². The van der Waals surface area contributed by atoms with Crippen LogP contribution in [0, 0.1) is 0 Å². The fourth-order valence-electron chi connectivity index (χ4n) is 2.41. The molecular formula is C13H22N4O. The minimum Gasteiger partial charge on any atom is -0.352 e. The first-order valence-corrected chi connectivity index (χ1v) is 6.72. The van der Waals surface area contributed by atoms with E-state index >= 15 is 0 Å². The molecule has 1 aliphatic heterocycles. The number of amides is 1. The molecule has 18 heavy (non-hydrogen) atoms. The Morgan fingerprint density at radius 3 is 3.17 bits per heavy atom. The van der Waals surface area contributed by atoms with Crippen LogP contribution in [-0.2, 0) is 11.3 Å². The highest BCUT2D eigenvalue weighted by molar-refractivity contribution is 5.76. The standard InChI is InChI=1S/C13H22N4O/c1-11(9-17-7-6-14-10-17)16-13(18)8-12-4-2-3-5-15-12/h6-7,10-12,15H,2-5,8-9H2,1H3,(H,16,18). The molecule has 0 radical (unpaired) electrons. The van der Waals surface area contributed by atoms with Gasteiger partial charge in [-0.1, -0.05) is 6.42 Å². The highest BCUT2D eigenvalue weighted by Crippen LogP contribution is 2.09. The summed E-state index contributed by atoms with van der Waals surface area (Å²) in [6.07, 6.45) is 9.60. The first-order chi connectivity index (χ1) is 8.74. The van der Waals surface area contributed by atoms with E-state index in [9.17, 15) is 4.79 Å². The molecular weight excluding hydrogens is 228 g/mol. The maximum atomic E-state index is 11.9. The predicted molar refractivity (Wildman–Crippen MR) is 70.1 cm³/mol. The molecule has 100 valence electrons. The van der Waals surface area contributed by atoms with E-state index in [1.54, 1.807) is 12.5 Å². The summed E-state index contributed by atoms with van der Waals surface area (Å²) in [4.78, 5) is 15.9. The van der Waals surface area contributed by atoms with Crippen LogP contribution in [0.2, 0.25) is 0 Å². The molecule has 1 aromatic heterocycles. The second kappa shape index (κ2) is 6.54. The van der Waals surface area contributed by atoms with Crippen molar-refractivity contribution in [3.8, 4) is 0 Å². The molecule has 5 nitrogen and oxygen atoms in total. The molecule has 2 unspecified atom stereocenters. The van der Waals surface area contributed by atoms with Gasteiger partial charge in [-0.15, -0.1) is 0 Å². The number of carbonyl (C=O) groups excluding carboxylic acids is 1.